The summed E-state index contributed by atoms with van der Waals surface area (Å²) < 4.78 is 0. The Morgan fingerprint density at radius 2 is 2.03 bits per heavy atom. The normalized spacial score (nSPS) is 20.7. The van der Waals surface area contributed by atoms with Crippen LogP contribution in [0.15, 0.2) is 36.5 Å². The molecule has 4 atom stereocenters. The molecule has 0 aromatic rings. The van der Waals surface area contributed by atoms with Crippen LogP contribution in [-0.4, -0.2) is 52.6 Å². The van der Waals surface area contributed by atoms with E-state index in [1.807, 2.05) is 19.1 Å². The number of ketones is 1. The fourth-order valence-corrected chi connectivity index (χ4v) is 4.01. The van der Waals surface area contributed by atoms with Crippen molar-refractivity contribution in [2.75, 3.05) is 19.7 Å². The second-order valence-corrected chi connectivity index (χ2v) is 8.68. The van der Waals surface area contributed by atoms with Crippen LogP contribution in [0.4, 0.5) is 0 Å². The Morgan fingerprint density at radius 3 is 2.71 bits per heavy atom. The lowest BCUT2D eigenvalue weighted by Crippen LogP contribution is -2.33. The average Bonchev–Trinajstić information content (AvgIpc) is 3.10. The Morgan fingerprint density at radius 1 is 1.26 bits per heavy atom. The second-order valence-electron chi connectivity index (χ2n) is 8.68. The number of aliphatic hydroxyl groups is 2. The molecule has 1 aliphatic carbocycles. The first-order valence-corrected chi connectivity index (χ1v) is 12.0. The molecule has 0 fully saturated rings. The van der Waals surface area contributed by atoms with Crippen molar-refractivity contribution in [2.24, 2.45) is 17.8 Å². The minimum atomic E-state index is -0.498. The number of carbonyl (C=O) groups is 2. The molecule has 1 rings (SSSR count). The number of aliphatic hydroxyl groups excluding tert-OH is 2. The highest BCUT2D eigenvalue weighted by Gasteiger charge is 2.27. The van der Waals surface area contributed by atoms with Gasteiger partial charge >= 0.3 is 0 Å². The van der Waals surface area contributed by atoms with Crippen LogP contribution in [0, 0.1) is 17.8 Å². The molecule has 0 aromatic carbocycles. The van der Waals surface area contributed by atoms with Crippen LogP contribution in [0.5, 0.6) is 0 Å². The van der Waals surface area contributed by atoms with Gasteiger partial charge in [0.05, 0.1) is 12.7 Å². The van der Waals surface area contributed by atoms with E-state index in [-0.39, 0.29) is 30.1 Å². The van der Waals surface area contributed by atoms with E-state index in [4.69, 9.17) is 5.11 Å². The molecule has 31 heavy (non-hydrogen) atoms. The highest BCUT2D eigenvalue weighted by Crippen LogP contribution is 2.28. The molecule has 2 N–H and O–H groups in total. The lowest BCUT2D eigenvalue weighted by molar-refractivity contribution is -0.131. The first-order valence-electron chi connectivity index (χ1n) is 12.0. The molecular weight excluding hydrogens is 390 g/mol. The largest absolute Gasteiger partial charge is 0.395 e. The van der Waals surface area contributed by atoms with Crippen LogP contribution in [0.2, 0.25) is 0 Å². The second kappa shape index (κ2) is 16.0. The number of carbonyl (C=O) groups excluding carboxylic acids is 2. The molecule has 5 nitrogen and oxygen atoms in total. The van der Waals surface area contributed by atoms with Crippen molar-refractivity contribution in [3.8, 4) is 0 Å². The molecule has 0 unspecified atom stereocenters. The summed E-state index contributed by atoms with van der Waals surface area (Å²) in [5.74, 6) is 0.614. The zero-order valence-corrected chi connectivity index (χ0v) is 19.7. The molecule has 176 valence electrons. The molecule has 0 saturated heterocycles. The van der Waals surface area contributed by atoms with Gasteiger partial charge in [0.1, 0.15) is 0 Å². The van der Waals surface area contributed by atoms with Crippen LogP contribution >= 0.6 is 0 Å². The van der Waals surface area contributed by atoms with Gasteiger partial charge in [0, 0.05) is 25.4 Å². The van der Waals surface area contributed by atoms with Crippen molar-refractivity contribution in [2.45, 2.75) is 78.2 Å². The number of rotatable bonds is 16. The van der Waals surface area contributed by atoms with Crippen LogP contribution in [0.25, 0.3) is 0 Å². The number of unbranched alkanes of at least 4 members (excludes halogenated alkanes) is 2. The smallest absolute Gasteiger partial charge is 0.222 e. The van der Waals surface area contributed by atoms with Gasteiger partial charge in [-0.25, -0.2) is 0 Å². The molecular formula is C26H43NO4. The van der Waals surface area contributed by atoms with Crippen LogP contribution in [0.3, 0.4) is 0 Å². The average molecular weight is 434 g/mol. The highest BCUT2D eigenvalue weighted by molar-refractivity contribution is 5.95. The number of likely N-dealkylation sites (N-methyl/N-ethyl adjacent to an activating group) is 1. The standard InChI is InChI=1S/C26H43NO4/c1-4-6-11-21(3)20-23(29)15-16-24-22(14-17-25(24)30)12-9-7-8-10-13-26(31)27(5-2)18-19-28/h7,9,14-17,21-24,28-29H,4-6,8,10-13,18-20H2,1-3H3/b9-7-,16-15+/t21-,22+,23+,24-/m1/s1. The zero-order valence-electron chi connectivity index (χ0n) is 19.7. The van der Waals surface area contributed by atoms with Gasteiger partial charge in [0.25, 0.3) is 0 Å². The zero-order chi connectivity index (χ0) is 23.1. The van der Waals surface area contributed by atoms with E-state index in [2.05, 4.69) is 26.0 Å². The number of nitrogens with zero attached hydrogens (tertiary/aromatic N) is 1. The van der Waals surface area contributed by atoms with Crippen molar-refractivity contribution >= 4 is 11.7 Å². The predicted octanol–water partition coefficient (Wildman–Crippen LogP) is 4.45. The van der Waals surface area contributed by atoms with Crippen molar-refractivity contribution < 1.29 is 19.8 Å². The molecule has 0 radical (unpaired) electrons. The topological polar surface area (TPSA) is 77.8 Å². The number of hydrogen-bond donors (Lipinski definition) is 2. The molecule has 1 aliphatic rings. The summed E-state index contributed by atoms with van der Waals surface area (Å²) in [6.07, 6.45) is 18.1. The summed E-state index contributed by atoms with van der Waals surface area (Å²) in [6, 6.07) is 0. The van der Waals surface area contributed by atoms with E-state index in [1.165, 1.54) is 12.8 Å². The molecule has 0 aromatic heterocycles. The quantitative estimate of drug-likeness (QED) is 0.278. The SMILES string of the molecule is CCCC[C@@H](C)C[C@@H](O)/C=C/[C@H]1C(=O)C=C[C@@H]1C/C=C\CCCC(=O)N(CC)CCO. The van der Waals surface area contributed by atoms with E-state index in [0.717, 1.165) is 32.1 Å². The minimum absolute atomic E-state index is 0.00235. The molecule has 0 spiro atoms. The Balaban J connectivity index is 2.39. The lowest BCUT2D eigenvalue weighted by atomic mass is 9.90. The van der Waals surface area contributed by atoms with Gasteiger partial charge in [-0.1, -0.05) is 63.5 Å². The number of allylic oxidation sites excluding steroid dienone is 5. The fraction of sp³-hybridized carbons (Fsp3) is 0.692. The van der Waals surface area contributed by atoms with Gasteiger partial charge in [0.15, 0.2) is 5.78 Å². The van der Waals surface area contributed by atoms with Gasteiger partial charge in [-0.2, -0.15) is 0 Å². The predicted molar refractivity (Wildman–Crippen MR) is 127 cm³/mol. The third-order valence-electron chi connectivity index (χ3n) is 5.97. The Hall–Kier alpha value is -1.72. The van der Waals surface area contributed by atoms with Gasteiger partial charge in [-0.05, 0) is 50.5 Å². The van der Waals surface area contributed by atoms with E-state index >= 15 is 0 Å². The molecule has 0 aliphatic heterocycles. The maximum absolute atomic E-state index is 12.2. The van der Waals surface area contributed by atoms with Gasteiger partial charge in [-0.3, -0.25) is 9.59 Å². The minimum Gasteiger partial charge on any atom is -0.395 e. The molecule has 0 bridgehead atoms. The summed E-state index contributed by atoms with van der Waals surface area (Å²) in [4.78, 5) is 25.9. The van der Waals surface area contributed by atoms with Crippen molar-refractivity contribution in [3.63, 3.8) is 0 Å². The molecule has 0 saturated carbocycles. The molecule has 0 heterocycles. The lowest BCUT2D eigenvalue weighted by Gasteiger charge is -2.19. The maximum Gasteiger partial charge on any atom is 0.222 e. The number of amides is 1. The Bertz CT molecular complexity index is 611. The highest BCUT2D eigenvalue weighted by atomic mass is 16.3. The van der Waals surface area contributed by atoms with Crippen molar-refractivity contribution in [1.82, 2.24) is 4.90 Å². The summed E-state index contributed by atoms with van der Waals surface area (Å²) in [5, 5.41) is 19.3. The van der Waals surface area contributed by atoms with E-state index < -0.39 is 6.10 Å². The summed E-state index contributed by atoms with van der Waals surface area (Å²) in [6.45, 7) is 7.28. The van der Waals surface area contributed by atoms with Crippen molar-refractivity contribution in [3.05, 3.63) is 36.5 Å². The Kier molecular flexibility index (Phi) is 14.1. The monoisotopic (exact) mass is 433 g/mol. The molecule has 5 heteroatoms. The van der Waals surface area contributed by atoms with Gasteiger partial charge < -0.3 is 15.1 Å². The summed E-state index contributed by atoms with van der Waals surface area (Å²) in [5.41, 5.74) is 0. The molecule has 1 amide bonds. The van der Waals surface area contributed by atoms with Crippen LogP contribution < -0.4 is 0 Å². The third kappa shape index (κ3) is 10.9. The number of hydrogen-bond acceptors (Lipinski definition) is 4. The third-order valence-corrected chi connectivity index (χ3v) is 5.97. The van der Waals surface area contributed by atoms with E-state index in [9.17, 15) is 14.7 Å². The summed E-state index contributed by atoms with van der Waals surface area (Å²) >= 11 is 0. The first kappa shape index (κ1) is 27.3. The Labute approximate surface area is 188 Å². The fourth-order valence-electron chi connectivity index (χ4n) is 4.01. The van der Waals surface area contributed by atoms with Crippen LogP contribution in [-0.2, 0) is 9.59 Å². The van der Waals surface area contributed by atoms with Crippen molar-refractivity contribution in [1.29, 1.82) is 0 Å². The maximum atomic E-state index is 12.2. The van der Waals surface area contributed by atoms with Gasteiger partial charge in [-0.15, -0.1) is 0 Å². The van der Waals surface area contributed by atoms with Crippen LogP contribution in [0.1, 0.15) is 72.1 Å². The van der Waals surface area contributed by atoms with Gasteiger partial charge in [0.2, 0.25) is 5.91 Å². The van der Waals surface area contributed by atoms with E-state index in [1.54, 1.807) is 17.1 Å². The summed E-state index contributed by atoms with van der Waals surface area (Å²) in [7, 11) is 0. The first-order chi connectivity index (χ1) is 14.9. The van der Waals surface area contributed by atoms with E-state index in [0.29, 0.717) is 25.4 Å².